The Bertz CT molecular complexity index is 1660. The van der Waals surface area contributed by atoms with Gasteiger partial charge in [0.25, 0.3) is 5.91 Å². The Morgan fingerprint density at radius 1 is 0.902 bits per heavy atom. The van der Waals surface area contributed by atoms with Crippen LogP contribution >= 0.6 is 0 Å². The predicted molar refractivity (Wildman–Crippen MR) is 158 cm³/mol. The predicted octanol–water partition coefficient (Wildman–Crippen LogP) is 5.35. The van der Waals surface area contributed by atoms with Crippen molar-refractivity contribution in [1.82, 2.24) is 19.9 Å². The average Bonchev–Trinajstić information content (AvgIpc) is 3.37. The summed E-state index contributed by atoms with van der Waals surface area (Å²) in [6, 6.07) is 27.1. The molecule has 0 bridgehead atoms. The van der Waals surface area contributed by atoms with E-state index in [2.05, 4.69) is 15.6 Å². The first-order valence-electron chi connectivity index (χ1n) is 13.3. The first kappa shape index (κ1) is 27.5. The van der Waals surface area contributed by atoms with Gasteiger partial charge in [-0.15, -0.1) is 5.10 Å². The number of carbonyl (C=O) groups is 2. The zero-order chi connectivity index (χ0) is 28.9. The van der Waals surface area contributed by atoms with E-state index >= 15 is 0 Å². The number of carbonyl (C=O) groups excluding carboxylic acids is 2. The zero-order valence-electron chi connectivity index (χ0n) is 23.2. The minimum Gasteiger partial charge on any atom is -0.378 e. The van der Waals surface area contributed by atoms with Crippen LogP contribution in [-0.4, -0.2) is 45.8 Å². The number of amides is 2. The molecule has 1 aromatic heterocycles. The highest BCUT2D eigenvalue weighted by molar-refractivity contribution is 5.98. The summed E-state index contributed by atoms with van der Waals surface area (Å²) in [7, 11) is 3.87. The van der Waals surface area contributed by atoms with Gasteiger partial charge in [-0.2, -0.15) is 0 Å². The van der Waals surface area contributed by atoms with Gasteiger partial charge >= 0.3 is 0 Å². The number of benzene rings is 4. The van der Waals surface area contributed by atoms with Gasteiger partial charge < -0.3 is 15.1 Å². The third-order valence-corrected chi connectivity index (χ3v) is 7.02. The minimum absolute atomic E-state index is 0.130. The Morgan fingerprint density at radius 3 is 2.29 bits per heavy atom. The third kappa shape index (κ3) is 6.24. The number of anilines is 2. The number of fused-ring (bicyclic) bond motifs is 1. The zero-order valence-corrected chi connectivity index (χ0v) is 23.2. The van der Waals surface area contributed by atoms with Gasteiger partial charge in [0.05, 0.1) is 5.52 Å². The monoisotopic (exact) mass is 550 g/mol. The summed E-state index contributed by atoms with van der Waals surface area (Å²) >= 11 is 0. The van der Waals surface area contributed by atoms with Crippen LogP contribution in [-0.2, 0) is 22.7 Å². The van der Waals surface area contributed by atoms with Gasteiger partial charge in [-0.25, -0.2) is 9.07 Å². The van der Waals surface area contributed by atoms with Crippen molar-refractivity contribution >= 4 is 34.2 Å². The lowest BCUT2D eigenvalue weighted by Gasteiger charge is -2.32. The first-order valence-corrected chi connectivity index (χ1v) is 13.3. The third-order valence-electron chi connectivity index (χ3n) is 7.02. The highest BCUT2D eigenvalue weighted by Crippen LogP contribution is 2.28. The maximum atomic E-state index is 14.1. The lowest BCUT2D eigenvalue weighted by atomic mass is 10.0. The molecule has 0 saturated heterocycles. The molecule has 5 rings (SSSR count). The van der Waals surface area contributed by atoms with E-state index in [-0.39, 0.29) is 19.0 Å². The number of aromatic nitrogens is 3. The molecule has 0 saturated carbocycles. The Morgan fingerprint density at radius 2 is 1.59 bits per heavy atom. The fourth-order valence-electron chi connectivity index (χ4n) is 4.72. The van der Waals surface area contributed by atoms with Crippen molar-refractivity contribution in [1.29, 1.82) is 0 Å². The van der Waals surface area contributed by atoms with Gasteiger partial charge in [0, 0.05) is 32.0 Å². The molecule has 0 aliphatic carbocycles. The van der Waals surface area contributed by atoms with E-state index in [0.717, 1.165) is 16.8 Å². The number of hydrogen-bond donors (Lipinski definition) is 1. The van der Waals surface area contributed by atoms with E-state index in [1.54, 1.807) is 0 Å². The number of nitrogens with zero attached hydrogens (tertiary/aromatic N) is 5. The van der Waals surface area contributed by atoms with Crippen LogP contribution in [0.5, 0.6) is 0 Å². The second-order valence-corrected chi connectivity index (χ2v) is 10.1. The molecule has 0 spiro atoms. The summed E-state index contributed by atoms with van der Waals surface area (Å²) < 4.78 is 15.5. The van der Waals surface area contributed by atoms with Gasteiger partial charge in [-0.1, -0.05) is 53.7 Å². The topological polar surface area (TPSA) is 83.4 Å². The van der Waals surface area contributed by atoms with E-state index in [9.17, 15) is 14.0 Å². The molecule has 2 amide bonds. The minimum atomic E-state index is -1.05. The van der Waals surface area contributed by atoms with E-state index in [1.807, 2.05) is 98.7 Å². The van der Waals surface area contributed by atoms with Crippen LogP contribution in [0.4, 0.5) is 15.8 Å². The average molecular weight is 551 g/mol. The van der Waals surface area contributed by atoms with Crippen LogP contribution in [0, 0.1) is 12.7 Å². The lowest BCUT2D eigenvalue weighted by Crippen LogP contribution is -2.42. The molecule has 1 atom stereocenters. The van der Waals surface area contributed by atoms with E-state index < -0.39 is 17.8 Å². The Balaban J connectivity index is 1.54. The summed E-state index contributed by atoms with van der Waals surface area (Å²) in [5.41, 5.74) is 5.29. The molecule has 4 aromatic carbocycles. The fourth-order valence-corrected chi connectivity index (χ4v) is 4.72. The van der Waals surface area contributed by atoms with Crippen LogP contribution in [0.25, 0.3) is 11.0 Å². The normalized spacial score (nSPS) is 11.7. The second-order valence-electron chi connectivity index (χ2n) is 10.1. The van der Waals surface area contributed by atoms with Crippen molar-refractivity contribution in [3.63, 3.8) is 0 Å². The molecule has 8 nitrogen and oxygen atoms in total. The first-order chi connectivity index (χ1) is 19.8. The summed E-state index contributed by atoms with van der Waals surface area (Å²) in [5, 5.41) is 11.3. The van der Waals surface area contributed by atoms with Crippen molar-refractivity contribution in [3.8, 4) is 0 Å². The van der Waals surface area contributed by atoms with Crippen LogP contribution in [0.3, 0.4) is 0 Å². The van der Waals surface area contributed by atoms with Crippen LogP contribution in [0.1, 0.15) is 22.7 Å². The molecule has 0 aliphatic heterocycles. The summed E-state index contributed by atoms with van der Waals surface area (Å²) in [4.78, 5) is 31.6. The molecule has 41 heavy (non-hydrogen) atoms. The van der Waals surface area contributed by atoms with Crippen LogP contribution < -0.4 is 10.2 Å². The van der Waals surface area contributed by atoms with Crippen LogP contribution in [0.15, 0.2) is 97.1 Å². The molecular weight excluding hydrogens is 519 g/mol. The summed E-state index contributed by atoms with van der Waals surface area (Å²) in [6.07, 6.45) is 0. The maximum absolute atomic E-state index is 14.1. The van der Waals surface area contributed by atoms with Crippen molar-refractivity contribution in [2.75, 3.05) is 24.3 Å². The number of para-hydroxylation sites is 1. The van der Waals surface area contributed by atoms with E-state index in [1.165, 1.54) is 33.8 Å². The van der Waals surface area contributed by atoms with Crippen LogP contribution in [0.2, 0.25) is 0 Å². The molecule has 5 aromatic rings. The van der Waals surface area contributed by atoms with E-state index in [0.29, 0.717) is 22.3 Å². The summed E-state index contributed by atoms with van der Waals surface area (Å²) in [6.45, 7) is 1.99. The van der Waals surface area contributed by atoms with Crippen molar-refractivity contribution in [2.45, 2.75) is 26.1 Å². The maximum Gasteiger partial charge on any atom is 0.251 e. The van der Waals surface area contributed by atoms with Crippen molar-refractivity contribution in [2.24, 2.45) is 0 Å². The van der Waals surface area contributed by atoms with Gasteiger partial charge in [0.15, 0.2) is 0 Å². The molecule has 0 unspecified atom stereocenters. The van der Waals surface area contributed by atoms with E-state index in [4.69, 9.17) is 0 Å². The number of aryl methyl sites for hydroxylation is 1. The Kier molecular flexibility index (Phi) is 8.05. The SMILES string of the molecule is Cc1ccccc1CN(C(=O)Cn1nnc2ccccc21)[C@H](C(=O)Nc1ccc(N(C)C)cc1)c1ccc(F)cc1. The van der Waals surface area contributed by atoms with Gasteiger partial charge in [-0.3, -0.25) is 9.59 Å². The number of hydrogen-bond acceptors (Lipinski definition) is 5. The molecule has 1 N–H and O–H groups in total. The highest BCUT2D eigenvalue weighted by Gasteiger charge is 2.32. The molecule has 0 aliphatic rings. The summed E-state index contributed by atoms with van der Waals surface area (Å²) in [5.74, 6) is -1.19. The Hall–Kier alpha value is -5.05. The molecule has 0 fully saturated rings. The standard InChI is InChI=1S/C32H31FN6O2/c1-22-8-4-5-9-24(22)20-38(30(40)21-39-29-11-7-6-10-28(29)35-36-39)31(23-12-14-25(33)15-13-23)32(41)34-26-16-18-27(19-17-26)37(2)3/h4-19,31H,20-21H2,1-3H3,(H,34,41)/t31-/m0/s1. The molecule has 208 valence electrons. The largest absolute Gasteiger partial charge is 0.378 e. The highest BCUT2D eigenvalue weighted by atomic mass is 19.1. The molecular formula is C32H31FN6O2. The smallest absolute Gasteiger partial charge is 0.251 e. The quantitative estimate of drug-likeness (QED) is 0.267. The molecule has 9 heteroatoms. The van der Waals surface area contributed by atoms with Gasteiger partial charge in [-0.05, 0) is 72.1 Å². The van der Waals surface area contributed by atoms with Gasteiger partial charge in [0.1, 0.15) is 23.9 Å². The Labute approximate surface area is 238 Å². The number of nitrogens with one attached hydrogen (secondary N) is 1. The van der Waals surface area contributed by atoms with Crippen molar-refractivity contribution < 1.29 is 14.0 Å². The number of halogens is 1. The molecule has 1 heterocycles. The lowest BCUT2D eigenvalue weighted by molar-refractivity contribution is -0.140. The number of rotatable bonds is 9. The second kappa shape index (κ2) is 12.0. The van der Waals surface area contributed by atoms with Gasteiger partial charge in [0.2, 0.25) is 5.91 Å². The molecule has 0 radical (unpaired) electrons. The van der Waals surface area contributed by atoms with Crippen molar-refractivity contribution in [3.05, 3.63) is 120 Å². The fraction of sp³-hybridized carbons (Fsp3) is 0.188.